The van der Waals surface area contributed by atoms with Crippen LogP contribution in [0, 0.1) is 0 Å². The Labute approximate surface area is 180 Å². The molecule has 0 fully saturated rings. The summed E-state index contributed by atoms with van der Waals surface area (Å²) in [6, 6.07) is 13.6. The molecule has 3 aromatic rings. The van der Waals surface area contributed by atoms with Gasteiger partial charge in [-0.15, -0.1) is 10.2 Å². The van der Waals surface area contributed by atoms with E-state index in [0.29, 0.717) is 10.8 Å². The van der Waals surface area contributed by atoms with E-state index in [-0.39, 0.29) is 11.7 Å². The molecule has 134 valence electrons. The molecule has 26 heavy (non-hydrogen) atoms. The molecule has 1 N–H and O–H groups in total. The fourth-order valence-corrected chi connectivity index (χ4v) is 5.41. The second kappa shape index (κ2) is 8.69. The molecular weight excluding hydrogens is 548 g/mol. The van der Waals surface area contributed by atoms with Gasteiger partial charge in [-0.05, 0) is 44.0 Å². The molecule has 0 bridgehead atoms. The number of hydrogen-bond donors (Lipinski definition) is 1. The molecule has 5 nitrogen and oxygen atoms in total. The van der Waals surface area contributed by atoms with E-state index in [1.165, 1.54) is 11.8 Å². The number of carbonyl (C=O) groups is 1. The molecule has 1 aromatic heterocycles. The second-order valence-corrected chi connectivity index (χ2v) is 8.88. The molecule has 0 atom stereocenters. The topological polar surface area (TPSA) is 59.8 Å². The molecule has 0 aliphatic carbocycles. The highest BCUT2D eigenvalue weighted by molar-refractivity contribution is 9.11. The second-order valence-electron chi connectivity index (χ2n) is 5.31. The predicted molar refractivity (Wildman–Crippen MR) is 115 cm³/mol. The van der Waals surface area contributed by atoms with E-state index in [9.17, 15) is 4.79 Å². The van der Waals surface area contributed by atoms with E-state index in [2.05, 4.69) is 63.3 Å². The molecule has 0 radical (unpaired) electrons. The van der Waals surface area contributed by atoms with Crippen molar-refractivity contribution in [1.82, 2.24) is 14.8 Å². The van der Waals surface area contributed by atoms with Gasteiger partial charge in [-0.2, -0.15) is 0 Å². The summed E-state index contributed by atoms with van der Waals surface area (Å²) in [5.41, 5.74) is 1.68. The third kappa shape index (κ3) is 4.57. The zero-order chi connectivity index (χ0) is 18.7. The number of anilines is 1. The molecule has 2 aromatic carbocycles. The summed E-state index contributed by atoms with van der Waals surface area (Å²) >= 11 is 11.7. The molecule has 0 aliphatic rings. The minimum absolute atomic E-state index is 0.122. The van der Waals surface area contributed by atoms with Crippen molar-refractivity contribution in [2.24, 2.45) is 7.05 Å². The number of nitrogens with zero attached hydrogens (tertiary/aromatic N) is 3. The highest BCUT2D eigenvalue weighted by atomic mass is 79.9. The van der Waals surface area contributed by atoms with Gasteiger partial charge in [-0.25, -0.2) is 0 Å². The summed E-state index contributed by atoms with van der Waals surface area (Å²) in [6.07, 6.45) is 0. The van der Waals surface area contributed by atoms with Gasteiger partial charge in [0.1, 0.15) is 0 Å². The molecule has 1 amide bonds. The van der Waals surface area contributed by atoms with Crippen LogP contribution in [-0.4, -0.2) is 26.4 Å². The highest BCUT2D eigenvalue weighted by Gasteiger charge is 2.14. The quantitative estimate of drug-likeness (QED) is 0.419. The molecule has 9 heteroatoms. The van der Waals surface area contributed by atoms with Crippen molar-refractivity contribution in [2.45, 2.75) is 5.16 Å². The van der Waals surface area contributed by atoms with E-state index in [0.717, 1.165) is 24.8 Å². The van der Waals surface area contributed by atoms with Gasteiger partial charge >= 0.3 is 0 Å². The van der Waals surface area contributed by atoms with Gasteiger partial charge in [0.25, 0.3) is 0 Å². The highest BCUT2D eigenvalue weighted by Crippen LogP contribution is 2.34. The summed E-state index contributed by atoms with van der Waals surface area (Å²) in [5, 5.41) is 12.0. The summed E-state index contributed by atoms with van der Waals surface area (Å²) < 4.78 is 4.39. The maximum absolute atomic E-state index is 12.3. The average molecular weight is 561 g/mol. The number of nitrogens with one attached hydrogen (secondary N) is 1. The van der Waals surface area contributed by atoms with Crippen molar-refractivity contribution in [3.63, 3.8) is 0 Å². The zero-order valence-electron chi connectivity index (χ0n) is 13.5. The molecule has 0 unspecified atom stereocenters. The van der Waals surface area contributed by atoms with Gasteiger partial charge in [0.2, 0.25) is 5.91 Å². The van der Waals surface area contributed by atoms with E-state index in [1.807, 2.05) is 54.1 Å². The van der Waals surface area contributed by atoms with Crippen molar-refractivity contribution in [3.05, 3.63) is 55.9 Å². The van der Waals surface area contributed by atoms with Gasteiger partial charge in [-0.1, -0.05) is 58.0 Å². The van der Waals surface area contributed by atoms with Crippen molar-refractivity contribution in [1.29, 1.82) is 0 Å². The number of rotatable bonds is 5. The van der Waals surface area contributed by atoms with E-state index in [1.54, 1.807) is 0 Å². The van der Waals surface area contributed by atoms with Crippen LogP contribution in [0.25, 0.3) is 11.4 Å². The number of hydrogen-bond acceptors (Lipinski definition) is 4. The monoisotopic (exact) mass is 558 g/mol. The van der Waals surface area contributed by atoms with Crippen LogP contribution in [-0.2, 0) is 11.8 Å². The Morgan fingerprint density at radius 2 is 1.77 bits per heavy atom. The lowest BCUT2D eigenvalue weighted by Gasteiger charge is -2.10. The van der Waals surface area contributed by atoms with Crippen LogP contribution in [0.5, 0.6) is 0 Å². The van der Waals surface area contributed by atoms with Crippen LogP contribution in [0.1, 0.15) is 0 Å². The fraction of sp³-hybridized carbons (Fsp3) is 0.118. The number of amides is 1. The number of halogens is 3. The van der Waals surface area contributed by atoms with Gasteiger partial charge < -0.3 is 9.88 Å². The minimum Gasteiger partial charge on any atom is -0.323 e. The first-order valence-electron chi connectivity index (χ1n) is 7.47. The molecule has 1 heterocycles. The molecule has 0 aliphatic heterocycles. The standard InChI is InChI=1S/C17H13Br3N4OS/c1-24-16(10-5-3-2-4-6-10)22-23-17(24)26-9-14(25)21-15-12(19)7-11(18)8-13(15)20/h2-8H,9H2,1H3,(H,21,25). The van der Waals surface area contributed by atoms with Crippen molar-refractivity contribution in [3.8, 4) is 11.4 Å². The number of aromatic nitrogens is 3. The van der Waals surface area contributed by atoms with Crippen LogP contribution in [0.4, 0.5) is 5.69 Å². The lowest BCUT2D eigenvalue weighted by atomic mass is 10.2. The molecule has 0 saturated carbocycles. The van der Waals surface area contributed by atoms with Crippen molar-refractivity contribution >= 4 is 71.1 Å². The van der Waals surface area contributed by atoms with Crippen LogP contribution < -0.4 is 5.32 Å². The first-order valence-corrected chi connectivity index (χ1v) is 10.8. The van der Waals surface area contributed by atoms with E-state index in [4.69, 9.17) is 0 Å². The Kier molecular flexibility index (Phi) is 6.55. The van der Waals surface area contributed by atoms with Crippen LogP contribution in [0.2, 0.25) is 0 Å². The lowest BCUT2D eigenvalue weighted by Crippen LogP contribution is -2.15. The van der Waals surface area contributed by atoms with E-state index < -0.39 is 0 Å². The van der Waals surface area contributed by atoms with Gasteiger partial charge in [0, 0.05) is 26.0 Å². The first kappa shape index (κ1) is 19.6. The van der Waals surface area contributed by atoms with Gasteiger partial charge in [-0.3, -0.25) is 4.79 Å². The summed E-state index contributed by atoms with van der Waals surface area (Å²) in [7, 11) is 1.89. The Bertz CT molecular complexity index is 923. The smallest absolute Gasteiger partial charge is 0.234 e. The Morgan fingerprint density at radius 3 is 2.42 bits per heavy atom. The maximum Gasteiger partial charge on any atom is 0.234 e. The van der Waals surface area contributed by atoms with Gasteiger partial charge in [0.15, 0.2) is 11.0 Å². The number of thioether (sulfide) groups is 1. The third-order valence-corrected chi connectivity index (χ3v) is 6.20. The first-order chi connectivity index (χ1) is 12.5. The SMILES string of the molecule is Cn1c(SCC(=O)Nc2c(Br)cc(Br)cc2Br)nnc1-c1ccccc1. The van der Waals surface area contributed by atoms with Gasteiger partial charge in [0.05, 0.1) is 11.4 Å². The number of benzene rings is 2. The van der Waals surface area contributed by atoms with Crippen molar-refractivity contribution < 1.29 is 4.79 Å². The summed E-state index contributed by atoms with van der Waals surface area (Å²) in [6.45, 7) is 0. The lowest BCUT2D eigenvalue weighted by molar-refractivity contribution is -0.113. The molecular formula is C17H13Br3N4OS. The third-order valence-electron chi connectivity index (χ3n) is 3.47. The Hall–Kier alpha value is -1.16. The summed E-state index contributed by atoms with van der Waals surface area (Å²) in [4.78, 5) is 12.3. The average Bonchev–Trinajstić information content (AvgIpc) is 2.98. The largest absolute Gasteiger partial charge is 0.323 e. The zero-order valence-corrected chi connectivity index (χ0v) is 19.1. The minimum atomic E-state index is -0.122. The maximum atomic E-state index is 12.3. The predicted octanol–water partition coefficient (Wildman–Crippen LogP) is 5.50. The normalized spacial score (nSPS) is 10.8. The van der Waals surface area contributed by atoms with Crippen molar-refractivity contribution in [2.75, 3.05) is 11.1 Å². The molecule has 0 saturated heterocycles. The van der Waals surface area contributed by atoms with E-state index >= 15 is 0 Å². The number of carbonyl (C=O) groups excluding carboxylic acids is 1. The van der Waals surface area contributed by atoms with Crippen LogP contribution >= 0.6 is 59.6 Å². The van der Waals surface area contributed by atoms with Crippen LogP contribution in [0.15, 0.2) is 61.0 Å². The Balaban J connectivity index is 1.67. The molecule has 0 spiro atoms. The fourth-order valence-electron chi connectivity index (χ4n) is 2.25. The molecule has 3 rings (SSSR count). The van der Waals surface area contributed by atoms with Crippen LogP contribution in [0.3, 0.4) is 0 Å². The summed E-state index contributed by atoms with van der Waals surface area (Å²) in [5.74, 6) is 0.880. The Morgan fingerprint density at radius 1 is 1.12 bits per heavy atom.